The molecular formula is C16H22F3NO. The van der Waals surface area contributed by atoms with Crippen molar-refractivity contribution in [1.82, 2.24) is 5.32 Å². The van der Waals surface area contributed by atoms with E-state index in [0.717, 1.165) is 12.0 Å². The van der Waals surface area contributed by atoms with Crippen molar-refractivity contribution in [2.75, 3.05) is 6.54 Å². The van der Waals surface area contributed by atoms with E-state index >= 15 is 0 Å². The Labute approximate surface area is 124 Å². The topological polar surface area (TPSA) is 21.3 Å². The molecule has 0 aliphatic rings. The van der Waals surface area contributed by atoms with E-state index in [-0.39, 0.29) is 11.3 Å². The average molecular weight is 301 g/mol. The maximum Gasteiger partial charge on any atom is 0.573 e. The van der Waals surface area contributed by atoms with Crippen molar-refractivity contribution < 1.29 is 17.9 Å². The van der Waals surface area contributed by atoms with E-state index in [1.807, 2.05) is 13.0 Å². The largest absolute Gasteiger partial charge is 0.573 e. The molecule has 5 heteroatoms. The highest BCUT2D eigenvalue weighted by Crippen LogP contribution is 2.24. The molecule has 0 unspecified atom stereocenters. The minimum atomic E-state index is -4.66. The van der Waals surface area contributed by atoms with Gasteiger partial charge in [-0.05, 0) is 44.9 Å². The summed E-state index contributed by atoms with van der Waals surface area (Å²) in [5.41, 5.74) is 1.81. The second kappa shape index (κ2) is 6.98. The van der Waals surface area contributed by atoms with Gasteiger partial charge in [-0.25, -0.2) is 0 Å². The van der Waals surface area contributed by atoms with Gasteiger partial charge in [0.1, 0.15) is 5.75 Å². The number of ether oxygens (including phenoxy) is 1. The van der Waals surface area contributed by atoms with E-state index in [4.69, 9.17) is 0 Å². The molecule has 0 heterocycles. The molecule has 1 rings (SSSR count). The minimum absolute atomic E-state index is 0.00446. The van der Waals surface area contributed by atoms with Crippen molar-refractivity contribution in [3.05, 3.63) is 35.4 Å². The summed E-state index contributed by atoms with van der Waals surface area (Å²) in [7, 11) is 0. The van der Waals surface area contributed by atoms with Crippen molar-refractivity contribution in [1.29, 1.82) is 0 Å². The summed E-state index contributed by atoms with van der Waals surface area (Å²) >= 11 is 0. The zero-order valence-corrected chi connectivity index (χ0v) is 12.8. The highest BCUT2D eigenvalue weighted by Gasteiger charge is 2.31. The first-order chi connectivity index (χ1) is 9.59. The molecule has 0 aromatic heterocycles. The van der Waals surface area contributed by atoms with Crippen LogP contribution in [0.15, 0.2) is 29.8 Å². The Morgan fingerprint density at radius 2 is 1.90 bits per heavy atom. The normalized spacial score (nSPS) is 13.4. The number of halogens is 3. The summed E-state index contributed by atoms with van der Waals surface area (Å²) < 4.78 is 40.5. The second-order valence-corrected chi connectivity index (χ2v) is 5.88. The third kappa shape index (κ3) is 7.75. The Balaban J connectivity index is 2.83. The lowest BCUT2D eigenvalue weighted by atomic mass is 10.1. The van der Waals surface area contributed by atoms with E-state index in [2.05, 4.69) is 30.8 Å². The van der Waals surface area contributed by atoms with E-state index in [9.17, 15) is 13.2 Å². The van der Waals surface area contributed by atoms with Crippen LogP contribution in [0.2, 0.25) is 0 Å². The first kappa shape index (κ1) is 17.6. The van der Waals surface area contributed by atoms with Crippen molar-refractivity contribution in [2.45, 2.75) is 46.0 Å². The van der Waals surface area contributed by atoms with Crippen LogP contribution in [0.5, 0.6) is 5.75 Å². The predicted octanol–water partition coefficient (Wildman–Crippen LogP) is 4.77. The minimum Gasteiger partial charge on any atom is -0.406 e. The SMILES string of the molecule is CC/C(=C/c1cccc(OC(F)(F)F)c1)CNC(C)(C)C. The summed E-state index contributed by atoms with van der Waals surface area (Å²) in [5, 5.41) is 3.37. The van der Waals surface area contributed by atoms with Crippen LogP contribution in [0.4, 0.5) is 13.2 Å². The predicted molar refractivity (Wildman–Crippen MR) is 79.1 cm³/mol. The molecule has 0 bridgehead atoms. The average Bonchev–Trinajstić information content (AvgIpc) is 2.31. The molecule has 0 aliphatic carbocycles. The molecule has 118 valence electrons. The second-order valence-electron chi connectivity index (χ2n) is 5.88. The fraction of sp³-hybridized carbons (Fsp3) is 0.500. The maximum absolute atomic E-state index is 12.2. The van der Waals surface area contributed by atoms with E-state index in [1.165, 1.54) is 12.1 Å². The van der Waals surface area contributed by atoms with Crippen molar-refractivity contribution >= 4 is 6.08 Å². The van der Waals surface area contributed by atoms with Crippen molar-refractivity contribution in [3.63, 3.8) is 0 Å². The van der Waals surface area contributed by atoms with Gasteiger partial charge in [-0.2, -0.15) is 0 Å². The van der Waals surface area contributed by atoms with E-state index in [1.54, 1.807) is 12.1 Å². The van der Waals surface area contributed by atoms with Gasteiger partial charge in [0.2, 0.25) is 0 Å². The van der Waals surface area contributed by atoms with Gasteiger partial charge in [-0.15, -0.1) is 13.2 Å². The van der Waals surface area contributed by atoms with Gasteiger partial charge in [0.15, 0.2) is 0 Å². The molecule has 0 saturated carbocycles. The molecule has 0 fully saturated rings. The molecule has 0 radical (unpaired) electrons. The van der Waals surface area contributed by atoms with Crippen LogP contribution >= 0.6 is 0 Å². The van der Waals surface area contributed by atoms with Crippen LogP contribution in [0, 0.1) is 0 Å². The summed E-state index contributed by atoms with van der Waals surface area (Å²) in [4.78, 5) is 0. The third-order valence-electron chi connectivity index (χ3n) is 2.76. The molecule has 0 spiro atoms. The Morgan fingerprint density at radius 3 is 2.43 bits per heavy atom. The molecular weight excluding hydrogens is 279 g/mol. The number of hydrogen-bond acceptors (Lipinski definition) is 2. The molecule has 0 saturated heterocycles. The van der Waals surface area contributed by atoms with E-state index in [0.29, 0.717) is 12.1 Å². The molecule has 1 aromatic rings. The lowest BCUT2D eigenvalue weighted by Crippen LogP contribution is -2.36. The molecule has 0 aliphatic heterocycles. The number of alkyl halides is 3. The lowest BCUT2D eigenvalue weighted by Gasteiger charge is -2.21. The smallest absolute Gasteiger partial charge is 0.406 e. The van der Waals surface area contributed by atoms with Crippen LogP contribution in [-0.2, 0) is 0 Å². The van der Waals surface area contributed by atoms with Crippen LogP contribution < -0.4 is 10.1 Å². The first-order valence-electron chi connectivity index (χ1n) is 6.89. The Hall–Kier alpha value is -1.49. The molecule has 0 amide bonds. The first-order valence-corrected chi connectivity index (χ1v) is 6.89. The number of hydrogen-bond donors (Lipinski definition) is 1. The Kier molecular flexibility index (Phi) is 5.84. The van der Waals surface area contributed by atoms with Crippen molar-refractivity contribution in [3.8, 4) is 5.75 Å². The van der Waals surface area contributed by atoms with E-state index < -0.39 is 6.36 Å². The molecule has 1 aromatic carbocycles. The van der Waals surface area contributed by atoms with Gasteiger partial charge < -0.3 is 10.1 Å². The fourth-order valence-electron chi connectivity index (χ4n) is 1.69. The highest BCUT2D eigenvalue weighted by atomic mass is 19.4. The quantitative estimate of drug-likeness (QED) is 0.846. The summed E-state index contributed by atoms with van der Waals surface area (Å²) in [6.07, 6.45) is -1.95. The Morgan fingerprint density at radius 1 is 1.24 bits per heavy atom. The molecule has 0 atom stereocenters. The zero-order chi connectivity index (χ0) is 16.1. The van der Waals surface area contributed by atoms with Gasteiger partial charge in [-0.1, -0.05) is 30.7 Å². The summed E-state index contributed by atoms with van der Waals surface area (Å²) in [6.45, 7) is 8.92. The fourth-order valence-corrected chi connectivity index (χ4v) is 1.69. The van der Waals surface area contributed by atoms with Crippen LogP contribution in [0.3, 0.4) is 0 Å². The molecule has 21 heavy (non-hydrogen) atoms. The van der Waals surface area contributed by atoms with Crippen LogP contribution in [0.1, 0.15) is 39.7 Å². The summed E-state index contributed by atoms with van der Waals surface area (Å²) in [6, 6.07) is 6.00. The lowest BCUT2D eigenvalue weighted by molar-refractivity contribution is -0.274. The van der Waals surface area contributed by atoms with Gasteiger partial charge in [-0.3, -0.25) is 0 Å². The summed E-state index contributed by atoms with van der Waals surface area (Å²) in [5.74, 6) is -0.199. The highest BCUT2D eigenvalue weighted by molar-refractivity contribution is 5.55. The third-order valence-corrected chi connectivity index (χ3v) is 2.76. The Bertz CT molecular complexity index is 487. The monoisotopic (exact) mass is 301 g/mol. The van der Waals surface area contributed by atoms with Crippen LogP contribution in [0.25, 0.3) is 6.08 Å². The maximum atomic E-state index is 12.2. The standard InChI is InChI=1S/C16H22F3NO/c1-5-12(11-20-15(2,3)4)9-13-7-6-8-14(10-13)21-16(17,18)19/h6-10,20H,5,11H2,1-4H3/b12-9-. The molecule has 1 N–H and O–H groups in total. The van der Waals surface area contributed by atoms with Gasteiger partial charge in [0.25, 0.3) is 0 Å². The van der Waals surface area contributed by atoms with Gasteiger partial charge in [0, 0.05) is 12.1 Å². The van der Waals surface area contributed by atoms with Gasteiger partial charge in [0.05, 0.1) is 0 Å². The van der Waals surface area contributed by atoms with Gasteiger partial charge >= 0.3 is 6.36 Å². The number of nitrogens with one attached hydrogen (secondary N) is 1. The van der Waals surface area contributed by atoms with Crippen molar-refractivity contribution in [2.24, 2.45) is 0 Å². The number of rotatable bonds is 5. The zero-order valence-electron chi connectivity index (χ0n) is 12.8. The molecule has 2 nitrogen and oxygen atoms in total. The van der Waals surface area contributed by atoms with Crippen LogP contribution in [-0.4, -0.2) is 18.4 Å². The number of benzene rings is 1.